The number of fused-ring (bicyclic) bond motifs is 2. The van der Waals surface area contributed by atoms with E-state index < -0.39 is 0 Å². The van der Waals surface area contributed by atoms with Gasteiger partial charge in [-0.3, -0.25) is 10.0 Å². The summed E-state index contributed by atoms with van der Waals surface area (Å²) in [6, 6.07) is 7.44. The molecule has 66 valence electrons. The summed E-state index contributed by atoms with van der Waals surface area (Å²) in [6.45, 7) is 0. The van der Waals surface area contributed by atoms with Crippen molar-refractivity contribution in [2.45, 2.75) is 18.3 Å². The molecule has 0 atom stereocenters. The first-order valence-corrected chi connectivity index (χ1v) is 4.39. The first kappa shape index (κ1) is 7.09. The van der Waals surface area contributed by atoms with Crippen LogP contribution in [0.25, 0.3) is 0 Å². The minimum Gasteiger partial charge on any atom is -0.281 e. The number of para-hydroxylation sites is 1. The van der Waals surface area contributed by atoms with Crippen LogP contribution in [0.4, 0.5) is 5.69 Å². The number of benzene rings is 1. The number of hydrogen-bond donors (Lipinski definition) is 1. The predicted octanol–water partition coefficient (Wildman–Crippen LogP) is 1.45. The number of anilines is 1. The van der Waals surface area contributed by atoms with Crippen LogP contribution < -0.4 is 5.06 Å². The van der Waals surface area contributed by atoms with Gasteiger partial charge in [-0.25, -0.2) is 0 Å². The summed E-state index contributed by atoms with van der Waals surface area (Å²) in [5, 5.41) is 10.3. The lowest BCUT2D eigenvalue weighted by molar-refractivity contribution is -0.124. The summed E-state index contributed by atoms with van der Waals surface area (Å²) in [6.07, 6.45) is 1.75. The maximum absolute atomic E-state index is 11.6. The van der Waals surface area contributed by atoms with Crippen LogP contribution >= 0.6 is 0 Å². The van der Waals surface area contributed by atoms with E-state index in [9.17, 15) is 10.0 Å². The zero-order valence-corrected chi connectivity index (χ0v) is 7.03. The minimum absolute atomic E-state index is 0.159. The molecule has 1 aromatic rings. The molecule has 0 aromatic heterocycles. The third kappa shape index (κ3) is 0.664. The molecule has 2 aliphatic rings. The van der Waals surface area contributed by atoms with E-state index in [2.05, 4.69) is 0 Å². The number of hydrogen-bond acceptors (Lipinski definition) is 2. The fourth-order valence-electron chi connectivity index (χ4n) is 2.10. The zero-order valence-electron chi connectivity index (χ0n) is 7.03. The molecule has 3 nitrogen and oxygen atoms in total. The fraction of sp³-hybridized carbons (Fsp3) is 0.300. The van der Waals surface area contributed by atoms with Gasteiger partial charge in [0.2, 0.25) is 0 Å². The van der Waals surface area contributed by atoms with Crippen LogP contribution in [0.15, 0.2) is 24.3 Å². The van der Waals surface area contributed by atoms with E-state index in [1.165, 1.54) is 0 Å². The van der Waals surface area contributed by atoms with Gasteiger partial charge in [0.05, 0.1) is 11.1 Å². The molecular weight excluding hydrogens is 166 g/mol. The Morgan fingerprint density at radius 3 is 2.69 bits per heavy atom. The second-order valence-corrected chi connectivity index (χ2v) is 3.72. The van der Waals surface area contributed by atoms with Crippen molar-refractivity contribution in [3.05, 3.63) is 29.8 Å². The Bertz CT molecular complexity index is 396. The Morgan fingerprint density at radius 1 is 1.31 bits per heavy atom. The third-order valence-corrected chi connectivity index (χ3v) is 3.00. The SMILES string of the molecule is O=C1N(O)c2ccccc2C12CC2. The Balaban J connectivity index is 2.27. The van der Waals surface area contributed by atoms with Gasteiger partial charge in [0.1, 0.15) is 0 Å². The van der Waals surface area contributed by atoms with E-state index in [0.29, 0.717) is 5.69 Å². The maximum Gasteiger partial charge on any atom is 0.261 e. The Kier molecular flexibility index (Phi) is 1.05. The summed E-state index contributed by atoms with van der Waals surface area (Å²) in [5.74, 6) is -0.159. The quantitative estimate of drug-likeness (QED) is 0.606. The van der Waals surface area contributed by atoms with Crippen molar-refractivity contribution in [1.82, 2.24) is 0 Å². The molecule has 1 aliphatic carbocycles. The van der Waals surface area contributed by atoms with Crippen molar-refractivity contribution in [2.24, 2.45) is 0 Å². The molecule has 1 heterocycles. The van der Waals surface area contributed by atoms with Crippen molar-refractivity contribution in [2.75, 3.05) is 5.06 Å². The molecule has 1 aromatic carbocycles. The minimum atomic E-state index is -0.356. The van der Waals surface area contributed by atoms with Gasteiger partial charge >= 0.3 is 0 Å². The molecule has 0 unspecified atom stereocenters. The van der Waals surface area contributed by atoms with Crippen LogP contribution in [0, 0.1) is 0 Å². The van der Waals surface area contributed by atoms with Crippen molar-refractivity contribution >= 4 is 11.6 Å². The van der Waals surface area contributed by atoms with E-state index in [4.69, 9.17) is 0 Å². The van der Waals surface area contributed by atoms with Gasteiger partial charge in [-0.1, -0.05) is 18.2 Å². The van der Waals surface area contributed by atoms with Gasteiger partial charge in [0.25, 0.3) is 5.91 Å². The van der Waals surface area contributed by atoms with Crippen molar-refractivity contribution < 1.29 is 10.0 Å². The molecule has 1 N–H and O–H groups in total. The Labute approximate surface area is 75.5 Å². The number of hydroxylamine groups is 1. The normalized spacial score (nSPS) is 22.2. The molecule has 1 fully saturated rings. The van der Waals surface area contributed by atoms with Gasteiger partial charge in [-0.05, 0) is 24.5 Å². The topological polar surface area (TPSA) is 40.5 Å². The number of carbonyl (C=O) groups is 1. The van der Waals surface area contributed by atoms with E-state index in [1.54, 1.807) is 6.07 Å². The second-order valence-electron chi connectivity index (χ2n) is 3.72. The summed E-state index contributed by atoms with van der Waals surface area (Å²) in [5.41, 5.74) is 1.29. The molecule has 0 radical (unpaired) electrons. The van der Waals surface area contributed by atoms with Gasteiger partial charge in [-0.2, -0.15) is 5.06 Å². The monoisotopic (exact) mass is 175 g/mol. The first-order valence-electron chi connectivity index (χ1n) is 4.39. The average molecular weight is 175 g/mol. The first-order chi connectivity index (χ1) is 6.26. The van der Waals surface area contributed by atoms with Crippen LogP contribution in [0.3, 0.4) is 0 Å². The highest BCUT2D eigenvalue weighted by Crippen LogP contribution is 2.56. The van der Waals surface area contributed by atoms with E-state index in [1.807, 2.05) is 18.2 Å². The second kappa shape index (κ2) is 1.93. The van der Waals surface area contributed by atoms with Crippen LogP contribution in [0.1, 0.15) is 18.4 Å². The van der Waals surface area contributed by atoms with Gasteiger partial charge in [0.15, 0.2) is 0 Å². The van der Waals surface area contributed by atoms with Crippen LogP contribution in [0.2, 0.25) is 0 Å². The molecule has 1 spiro atoms. The number of rotatable bonds is 0. The fourth-order valence-corrected chi connectivity index (χ4v) is 2.10. The van der Waals surface area contributed by atoms with Crippen molar-refractivity contribution in [3.63, 3.8) is 0 Å². The lowest BCUT2D eigenvalue weighted by atomic mass is 9.98. The molecule has 3 rings (SSSR count). The molecule has 0 saturated heterocycles. The zero-order chi connectivity index (χ0) is 9.05. The Hall–Kier alpha value is -1.35. The lowest BCUT2D eigenvalue weighted by Gasteiger charge is -2.06. The summed E-state index contributed by atoms with van der Waals surface area (Å²) >= 11 is 0. The summed E-state index contributed by atoms with van der Waals surface area (Å²) < 4.78 is 0. The van der Waals surface area contributed by atoms with Crippen molar-refractivity contribution in [3.8, 4) is 0 Å². The lowest BCUT2D eigenvalue weighted by Crippen LogP contribution is -2.28. The molecule has 1 aliphatic heterocycles. The Morgan fingerprint density at radius 2 is 2.00 bits per heavy atom. The predicted molar refractivity (Wildman–Crippen MR) is 46.6 cm³/mol. The highest BCUT2D eigenvalue weighted by Gasteiger charge is 2.59. The molecule has 1 amide bonds. The maximum atomic E-state index is 11.6. The van der Waals surface area contributed by atoms with Gasteiger partial charge < -0.3 is 0 Å². The number of amides is 1. The van der Waals surface area contributed by atoms with Crippen LogP contribution in [0.5, 0.6) is 0 Å². The molecule has 3 heteroatoms. The highest BCUT2D eigenvalue weighted by molar-refractivity contribution is 6.08. The molecule has 1 saturated carbocycles. The molecule has 0 bridgehead atoms. The number of carbonyl (C=O) groups excluding carboxylic acids is 1. The molecular formula is C10H9NO2. The third-order valence-electron chi connectivity index (χ3n) is 3.00. The van der Waals surface area contributed by atoms with E-state index in [0.717, 1.165) is 23.5 Å². The molecule has 13 heavy (non-hydrogen) atoms. The standard InChI is InChI=1S/C10H9NO2/c12-9-10(5-6-10)7-3-1-2-4-8(7)11(9)13/h1-4,13H,5-6H2. The van der Waals surface area contributed by atoms with Crippen LogP contribution in [-0.4, -0.2) is 11.1 Å². The summed E-state index contributed by atoms with van der Waals surface area (Å²) in [4.78, 5) is 11.6. The smallest absolute Gasteiger partial charge is 0.261 e. The van der Waals surface area contributed by atoms with Crippen LogP contribution in [-0.2, 0) is 10.2 Å². The van der Waals surface area contributed by atoms with E-state index in [-0.39, 0.29) is 11.3 Å². The van der Waals surface area contributed by atoms with Gasteiger partial charge in [0, 0.05) is 0 Å². The average Bonchev–Trinajstić information content (AvgIpc) is 2.93. The van der Waals surface area contributed by atoms with Crippen molar-refractivity contribution in [1.29, 1.82) is 0 Å². The highest BCUT2D eigenvalue weighted by atomic mass is 16.5. The summed E-state index contributed by atoms with van der Waals surface area (Å²) in [7, 11) is 0. The number of nitrogens with zero attached hydrogens (tertiary/aromatic N) is 1. The largest absolute Gasteiger partial charge is 0.281 e. The van der Waals surface area contributed by atoms with Gasteiger partial charge in [-0.15, -0.1) is 0 Å². The van der Waals surface area contributed by atoms with E-state index >= 15 is 0 Å².